The molecule has 6 nitrogen and oxygen atoms in total. The van der Waals surface area contributed by atoms with Crippen molar-refractivity contribution in [2.75, 3.05) is 0 Å². The Morgan fingerprint density at radius 2 is 1.87 bits per heavy atom. The maximum atomic E-state index is 12.9. The molecule has 23 heavy (non-hydrogen) atoms. The van der Waals surface area contributed by atoms with E-state index in [1.54, 1.807) is 0 Å². The standard InChI is InChI=1S/C14H18F3N3O3/c1-2-3-7-13(11(21)20-19,23-12(18)22)9-5-4-6-10(8-9)14(15,16)17/h4-6,8H,2-3,7,19H2,1H3,(H2,18,22)(H,20,21). The molecule has 0 saturated heterocycles. The van der Waals surface area contributed by atoms with Crippen LogP contribution in [0.5, 0.6) is 0 Å². The Labute approximate surface area is 130 Å². The van der Waals surface area contributed by atoms with Gasteiger partial charge < -0.3 is 10.5 Å². The maximum absolute atomic E-state index is 12.9. The summed E-state index contributed by atoms with van der Waals surface area (Å²) in [6, 6.07) is 3.96. The summed E-state index contributed by atoms with van der Waals surface area (Å²) in [5, 5.41) is 0. The molecule has 0 radical (unpaired) electrons. The average molecular weight is 333 g/mol. The Balaban J connectivity index is 3.48. The molecule has 0 aliphatic carbocycles. The molecule has 1 aromatic carbocycles. The van der Waals surface area contributed by atoms with Crippen LogP contribution in [0.1, 0.15) is 37.3 Å². The second-order valence-electron chi connectivity index (χ2n) is 4.90. The number of benzene rings is 1. The van der Waals surface area contributed by atoms with Crippen molar-refractivity contribution in [1.82, 2.24) is 5.43 Å². The van der Waals surface area contributed by atoms with Crippen molar-refractivity contribution in [3.63, 3.8) is 0 Å². The Morgan fingerprint density at radius 3 is 2.35 bits per heavy atom. The number of rotatable bonds is 6. The van der Waals surface area contributed by atoms with Crippen LogP contribution in [0.25, 0.3) is 0 Å². The highest BCUT2D eigenvalue weighted by atomic mass is 19.4. The van der Waals surface area contributed by atoms with Crippen LogP contribution in [0, 0.1) is 0 Å². The number of carbonyl (C=O) groups is 2. The van der Waals surface area contributed by atoms with Crippen molar-refractivity contribution in [2.24, 2.45) is 11.6 Å². The normalized spacial score (nSPS) is 14.0. The number of primary amides is 1. The van der Waals surface area contributed by atoms with E-state index in [1.165, 1.54) is 6.07 Å². The van der Waals surface area contributed by atoms with Gasteiger partial charge in [-0.2, -0.15) is 13.2 Å². The molecule has 1 unspecified atom stereocenters. The second-order valence-corrected chi connectivity index (χ2v) is 4.90. The summed E-state index contributed by atoms with van der Waals surface area (Å²) < 4.78 is 43.6. The average Bonchev–Trinajstić information content (AvgIpc) is 2.49. The third-order valence-electron chi connectivity index (χ3n) is 3.31. The van der Waals surface area contributed by atoms with E-state index in [0.717, 1.165) is 18.2 Å². The van der Waals surface area contributed by atoms with Gasteiger partial charge in [-0.15, -0.1) is 0 Å². The van der Waals surface area contributed by atoms with Gasteiger partial charge >= 0.3 is 12.3 Å². The van der Waals surface area contributed by atoms with Gasteiger partial charge in [-0.05, 0) is 18.6 Å². The molecule has 0 aromatic heterocycles. The quantitative estimate of drug-likeness (QED) is 0.421. The molecular weight excluding hydrogens is 315 g/mol. The first-order valence-electron chi connectivity index (χ1n) is 6.84. The first-order valence-corrected chi connectivity index (χ1v) is 6.84. The van der Waals surface area contributed by atoms with Crippen LogP contribution in [0.3, 0.4) is 0 Å². The van der Waals surface area contributed by atoms with Gasteiger partial charge in [-0.25, -0.2) is 10.6 Å². The third-order valence-corrected chi connectivity index (χ3v) is 3.31. The molecule has 0 spiro atoms. The van der Waals surface area contributed by atoms with E-state index in [0.29, 0.717) is 12.8 Å². The van der Waals surface area contributed by atoms with E-state index < -0.39 is 29.3 Å². The number of hydrogen-bond acceptors (Lipinski definition) is 4. The molecule has 1 rings (SSSR count). The Hall–Kier alpha value is -2.29. The number of alkyl halides is 3. The summed E-state index contributed by atoms with van der Waals surface area (Å²) in [4.78, 5) is 23.4. The fraction of sp³-hybridized carbons (Fsp3) is 0.429. The van der Waals surface area contributed by atoms with Crippen molar-refractivity contribution in [1.29, 1.82) is 0 Å². The zero-order chi connectivity index (χ0) is 17.7. The van der Waals surface area contributed by atoms with E-state index >= 15 is 0 Å². The van der Waals surface area contributed by atoms with Crippen molar-refractivity contribution in [3.8, 4) is 0 Å². The molecule has 0 aliphatic rings. The molecule has 0 aliphatic heterocycles. The summed E-state index contributed by atoms with van der Waals surface area (Å²) in [6.07, 6.45) is -4.95. The Kier molecular flexibility index (Phi) is 5.97. The highest BCUT2D eigenvalue weighted by Crippen LogP contribution is 2.36. The number of hydrogen-bond donors (Lipinski definition) is 3. The van der Waals surface area contributed by atoms with E-state index in [-0.39, 0.29) is 12.0 Å². The first kappa shape index (κ1) is 18.8. The molecule has 1 atom stereocenters. The fourth-order valence-corrected chi connectivity index (χ4v) is 2.21. The van der Waals surface area contributed by atoms with Crippen molar-refractivity contribution in [2.45, 2.75) is 38.0 Å². The predicted octanol–water partition coefficient (Wildman–Crippen LogP) is 2.18. The lowest BCUT2D eigenvalue weighted by atomic mass is 9.86. The molecule has 9 heteroatoms. The third kappa shape index (κ3) is 4.35. The van der Waals surface area contributed by atoms with Crippen LogP contribution >= 0.6 is 0 Å². The molecule has 0 saturated carbocycles. The maximum Gasteiger partial charge on any atom is 0.416 e. The van der Waals surface area contributed by atoms with Crippen LogP contribution in [0.15, 0.2) is 24.3 Å². The lowest BCUT2D eigenvalue weighted by Gasteiger charge is -2.31. The van der Waals surface area contributed by atoms with Crippen LogP contribution in [-0.2, 0) is 21.3 Å². The number of unbranched alkanes of at least 4 members (excludes halogenated alkanes) is 1. The van der Waals surface area contributed by atoms with Crippen molar-refractivity contribution < 1.29 is 27.5 Å². The summed E-state index contributed by atoms with van der Waals surface area (Å²) in [6.45, 7) is 1.81. The van der Waals surface area contributed by atoms with Crippen LogP contribution < -0.4 is 17.0 Å². The summed E-state index contributed by atoms with van der Waals surface area (Å²) in [5.74, 6) is 4.16. The van der Waals surface area contributed by atoms with Crippen molar-refractivity contribution >= 4 is 12.0 Å². The lowest BCUT2D eigenvalue weighted by Crippen LogP contribution is -2.51. The van der Waals surface area contributed by atoms with Crippen molar-refractivity contribution in [3.05, 3.63) is 35.4 Å². The number of amides is 2. The zero-order valence-corrected chi connectivity index (χ0v) is 12.4. The molecule has 2 amide bonds. The molecule has 128 valence electrons. The van der Waals surface area contributed by atoms with Gasteiger partial charge in [-0.3, -0.25) is 10.2 Å². The summed E-state index contributed by atoms with van der Waals surface area (Å²) in [7, 11) is 0. The number of carbonyl (C=O) groups excluding carboxylic acids is 2. The van der Waals surface area contributed by atoms with Gasteiger partial charge in [0.15, 0.2) is 0 Å². The van der Waals surface area contributed by atoms with Crippen LogP contribution in [-0.4, -0.2) is 12.0 Å². The summed E-state index contributed by atoms with van der Waals surface area (Å²) >= 11 is 0. The monoisotopic (exact) mass is 333 g/mol. The number of hydrazine groups is 1. The largest absolute Gasteiger partial charge is 0.428 e. The van der Waals surface area contributed by atoms with Gasteiger partial charge in [0.2, 0.25) is 5.60 Å². The highest BCUT2D eigenvalue weighted by Gasteiger charge is 2.44. The van der Waals surface area contributed by atoms with Gasteiger partial charge in [0.1, 0.15) is 0 Å². The van der Waals surface area contributed by atoms with Crippen LogP contribution in [0.2, 0.25) is 0 Å². The SMILES string of the molecule is CCCCC(OC(N)=O)(C(=O)NN)c1cccc(C(F)(F)F)c1. The molecule has 0 fully saturated rings. The van der Waals surface area contributed by atoms with E-state index in [9.17, 15) is 22.8 Å². The minimum Gasteiger partial charge on any atom is -0.428 e. The van der Waals surface area contributed by atoms with E-state index in [2.05, 4.69) is 0 Å². The van der Waals surface area contributed by atoms with E-state index in [4.69, 9.17) is 16.3 Å². The lowest BCUT2D eigenvalue weighted by molar-refractivity contribution is -0.143. The minimum absolute atomic E-state index is 0.0587. The fourth-order valence-electron chi connectivity index (χ4n) is 2.21. The molecule has 5 N–H and O–H groups in total. The van der Waals surface area contributed by atoms with Gasteiger partial charge in [0, 0.05) is 12.0 Å². The zero-order valence-electron chi connectivity index (χ0n) is 12.4. The smallest absolute Gasteiger partial charge is 0.416 e. The highest BCUT2D eigenvalue weighted by molar-refractivity contribution is 5.88. The predicted molar refractivity (Wildman–Crippen MR) is 75.6 cm³/mol. The number of halogens is 3. The molecule has 0 heterocycles. The Morgan fingerprint density at radius 1 is 1.26 bits per heavy atom. The second kappa shape index (κ2) is 7.32. The van der Waals surface area contributed by atoms with E-state index in [1.807, 2.05) is 12.3 Å². The molecule has 1 aromatic rings. The van der Waals surface area contributed by atoms with Crippen LogP contribution in [0.4, 0.5) is 18.0 Å². The van der Waals surface area contributed by atoms with Gasteiger partial charge in [0.05, 0.1) is 5.56 Å². The van der Waals surface area contributed by atoms with Gasteiger partial charge in [-0.1, -0.05) is 25.5 Å². The number of ether oxygens (including phenoxy) is 1. The number of nitrogens with two attached hydrogens (primary N) is 2. The molecular formula is C14H18F3N3O3. The minimum atomic E-state index is -4.61. The Bertz CT molecular complexity index is 578. The topological polar surface area (TPSA) is 107 Å². The van der Waals surface area contributed by atoms with Gasteiger partial charge in [0.25, 0.3) is 5.91 Å². The first-order chi connectivity index (χ1) is 10.7. The number of nitrogens with one attached hydrogen (secondary N) is 1. The molecule has 0 bridgehead atoms. The summed E-state index contributed by atoms with van der Waals surface area (Å²) in [5.41, 5.74) is 3.68.